The number of hydrogen-bond acceptors (Lipinski definition) is 4. The molecule has 1 aliphatic rings. The summed E-state index contributed by atoms with van der Waals surface area (Å²) in [5.74, 6) is -0.695. The van der Waals surface area contributed by atoms with E-state index < -0.39 is 24.2 Å². The van der Waals surface area contributed by atoms with Crippen molar-refractivity contribution >= 4 is 39.3 Å². The van der Waals surface area contributed by atoms with Crippen LogP contribution in [0.2, 0.25) is 5.02 Å². The molecule has 0 spiro atoms. The average Bonchev–Trinajstić information content (AvgIpc) is 3.23. The zero-order valence-corrected chi connectivity index (χ0v) is 19.4. The molecular weight excluding hydrogens is 513 g/mol. The highest BCUT2D eigenvalue weighted by molar-refractivity contribution is 9.10. The van der Waals surface area contributed by atoms with E-state index in [1.807, 2.05) is 0 Å². The molecule has 1 aromatic carbocycles. The molecule has 1 aliphatic heterocycles. The van der Waals surface area contributed by atoms with Gasteiger partial charge in [-0.1, -0.05) is 39.7 Å². The maximum Gasteiger partial charge on any atom is 0.410 e. The Kier molecular flexibility index (Phi) is 5.97. The summed E-state index contributed by atoms with van der Waals surface area (Å²) in [6.07, 6.45) is -3.11. The standard InChI is InChI=1S/C20H19BrClF3N6O/c1-10-12(9-30(2)28-10)8-26-19(32)17-16(22)18-27-14(11-3-5-13(21)6-4-11)7-15(20(23,24)25)31(18)29-17/h3-6,9,14-15,27H,7-8H2,1-2H3,(H,26,32)/t14-,15+/m0/s1. The van der Waals surface area contributed by atoms with Gasteiger partial charge in [-0.25, -0.2) is 4.68 Å². The molecule has 2 N–H and O–H groups in total. The fraction of sp³-hybridized carbons (Fsp3) is 0.350. The van der Waals surface area contributed by atoms with Gasteiger partial charge in [0, 0.05) is 36.2 Å². The van der Waals surface area contributed by atoms with E-state index >= 15 is 0 Å². The van der Waals surface area contributed by atoms with E-state index in [1.54, 1.807) is 49.1 Å². The first-order chi connectivity index (χ1) is 15.0. The average molecular weight is 532 g/mol. The van der Waals surface area contributed by atoms with Crippen molar-refractivity contribution in [2.75, 3.05) is 5.32 Å². The molecular formula is C20H19BrClF3N6O. The summed E-state index contributed by atoms with van der Waals surface area (Å²) in [6, 6.07) is 4.41. The van der Waals surface area contributed by atoms with E-state index in [1.165, 1.54) is 0 Å². The Hall–Kier alpha value is -2.53. The molecule has 170 valence electrons. The lowest BCUT2D eigenvalue weighted by Gasteiger charge is -2.33. The number of amides is 1. The number of alkyl halides is 3. The van der Waals surface area contributed by atoms with Crippen LogP contribution >= 0.6 is 27.5 Å². The Bertz CT molecular complexity index is 1160. The smallest absolute Gasteiger partial charge is 0.362 e. The van der Waals surface area contributed by atoms with E-state index in [4.69, 9.17) is 11.6 Å². The minimum atomic E-state index is -4.57. The van der Waals surface area contributed by atoms with Gasteiger partial charge in [0.1, 0.15) is 10.8 Å². The highest BCUT2D eigenvalue weighted by Gasteiger charge is 2.47. The zero-order chi connectivity index (χ0) is 23.2. The quantitative estimate of drug-likeness (QED) is 0.501. The Morgan fingerprint density at radius 2 is 2.00 bits per heavy atom. The van der Waals surface area contributed by atoms with Gasteiger partial charge in [0.15, 0.2) is 11.7 Å². The Morgan fingerprint density at radius 1 is 1.31 bits per heavy atom. The van der Waals surface area contributed by atoms with Crippen LogP contribution < -0.4 is 10.6 Å². The van der Waals surface area contributed by atoms with Gasteiger partial charge in [0.2, 0.25) is 0 Å². The third kappa shape index (κ3) is 4.36. The van der Waals surface area contributed by atoms with E-state index in [0.29, 0.717) is 5.56 Å². The number of nitrogens with zero attached hydrogens (tertiary/aromatic N) is 4. The highest BCUT2D eigenvalue weighted by Crippen LogP contribution is 2.46. The number of halogens is 5. The fourth-order valence-corrected chi connectivity index (χ4v) is 4.26. The summed E-state index contributed by atoms with van der Waals surface area (Å²) in [4.78, 5) is 12.7. The maximum atomic E-state index is 13.9. The summed E-state index contributed by atoms with van der Waals surface area (Å²) >= 11 is 9.67. The second-order valence-corrected chi connectivity index (χ2v) is 8.89. The van der Waals surface area contributed by atoms with Crippen LogP contribution in [0.4, 0.5) is 19.0 Å². The molecule has 0 unspecified atom stereocenters. The molecule has 3 heterocycles. The van der Waals surface area contributed by atoms with Gasteiger partial charge in [0.25, 0.3) is 5.91 Å². The lowest BCUT2D eigenvalue weighted by atomic mass is 9.97. The fourth-order valence-electron chi connectivity index (χ4n) is 3.73. The topological polar surface area (TPSA) is 76.8 Å². The van der Waals surface area contributed by atoms with Crippen LogP contribution in [-0.4, -0.2) is 31.6 Å². The number of carbonyl (C=O) groups excluding carboxylic acids is 1. The zero-order valence-electron chi connectivity index (χ0n) is 17.0. The summed E-state index contributed by atoms with van der Waals surface area (Å²) in [6.45, 7) is 1.94. The molecule has 0 bridgehead atoms. The number of anilines is 1. The third-order valence-electron chi connectivity index (χ3n) is 5.34. The number of benzene rings is 1. The molecule has 3 aromatic rings. The van der Waals surface area contributed by atoms with Crippen LogP contribution in [-0.2, 0) is 13.6 Å². The van der Waals surface area contributed by atoms with Crippen LogP contribution in [0.1, 0.15) is 45.8 Å². The summed E-state index contributed by atoms with van der Waals surface area (Å²) in [5.41, 5.74) is 1.92. The molecule has 32 heavy (non-hydrogen) atoms. The largest absolute Gasteiger partial charge is 0.410 e. The molecule has 2 atom stereocenters. The van der Waals surface area contributed by atoms with Crippen LogP contribution in [0.5, 0.6) is 0 Å². The van der Waals surface area contributed by atoms with E-state index in [-0.39, 0.29) is 29.5 Å². The lowest BCUT2D eigenvalue weighted by molar-refractivity contribution is -0.173. The first kappa shape index (κ1) is 22.7. The number of nitrogens with one attached hydrogen (secondary N) is 2. The maximum absolute atomic E-state index is 13.9. The molecule has 2 aromatic heterocycles. The van der Waals surface area contributed by atoms with Crippen molar-refractivity contribution in [1.29, 1.82) is 0 Å². The van der Waals surface area contributed by atoms with Crippen LogP contribution in [0.25, 0.3) is 0 Å². The molecule has 0 aliphatic carbocycles. The first-order valence-corrected chi connectivity index (χ1v) is 10.9. The van der Waals surface area contributed by atoms with Crippen molar-refractivity contribution in [3.05, 3.63) is 62.5 Å². The monoisotopic (exact) mass is 530 g/mol. The second-order valence-electron chi connectivity index (χ2n) is 7.59. The van der Waals surface area contributed by atoms with Gasteiger partial charge in [0.05, 0.1) is 11.7 Å². The molecule has 0 saturated carbocycles. The summed E-state index contributed by atoms with van der Waals surface area (Å²) in [5, 5.41) is 13.7. The molecule has 12 heteroatoms. The van der Waals surface area contributed by atoms with Crippen molar-refractivity contribution in [2.24, 2.45) is 7.05 Å². The molecule has 0 fully saturated rings. The van der Waals surface area contributed by atoms with Crippen LogP contribution in [0.3, 0.4) is 0 Å². The van der Waals surface area contributed by atoms with E-state index in [9.17, 15) is 18.0 Å². The van der Waals surface area contributed by atoms with Crippen LogP contribution in [0, 0.1) is 6.92 Å². The predicted molar refractivity (Wildman–Crippen MR) is 117 cm³/mol. The van der Waals surface area contributed by atoms with Crippen molar-refractivity contribution < 1.29 is 18.0 Å². The SMILES string of the molecule is Cc1nn(C)cc1CNC(=O)c1nn2c(c1Cl)N[C@H](c1ccc(Br)cc1)C[C@@H]2C(F)(F)F. The Morgan fingerprint density at radius 3 is 2.59 bits per heavy atom. The lowest BCUT2D eigenvalue weighted by Crippen LogP contribution is -2.35. The van der Waals surface area contributed by atoms with Crippen molar-refractivity contribution in [3.63, 3.8) is 0 Å². The van der Waals surface area contributed by atoms with E-state index in [0.717, 1.165) is 20.4 Å². The van der Waals surface area contributed by atoms with Gasteiger partial charge in [-0.15, -0.1) is 0 Å². The van der Waals surface area contributed by atoms with Gasteiger partial charge in [-0.3, -0.25) is 9.48 Å². The third-order valence-corrected chi connectivity index (χ3v) is 6.22. The number of hydrogen-bond donors (Lipinski definition) is 2. The predicted octanol–water partition coefficient (Wildman–Crippen LogP) is 4.93. The van der Waals surface area contributed by atoms with E-state index in [2.05, 4.69) is 36.8 Å². The molecule has 0 saturated heterocycles. The molecule has 1 amide bonds. The summed E-state index contributed by atoms with van der Waals surface area (Å²) in [7, 11) is 1.75. The highest BCUT2D eigenvalue weighted by atomic mass is 79.9. The van der Waals surface area contributed by atoms with Crippen molar-refractivity contribution in [3.8, 4) is 0 Å². The van der Waals surface area contributed by atoms with Gasteiger partial charge < -0.3 is 10.6 Å². The molecule has 0 radical (unpaired) electrons. The number of fused-ring (bicyclic) bond motifs is 1. The van der Waals surface area contributed by atoms with Gasteiger partial charge in [-0.05, 0) is 24.6 Å². The summed E-state index contributed by atoms with van der Waals surface area (Å²) < 4.78 is 44.8. The van der Waals surface area contributed by atoms with Crippen molar-refractivity contribution in [1.82, 2.24) is 24.9 Å². The van der Waals surface area contributed by atoms with Crippen molar-refractivity contribution in [2.45, 2.75) is 38.1 Å². The first-order valence-electron chi connectivity index (χ1n) is 9.68. The number of carbonyl (C=O) groups is 1. The minimum absolute atomic E-state index is 0.0316. The second kappa shape index (κ2) is 8.43. The van der Waals surface area contributed by atoms with Gasteiger partial charge >= 0.3 is 6.18 Å². The number of aryl methyl sites for hydroxylation is 2. The Balaban J connectivity index is 1.63. The molecule has 7 nitrogen and oxygen atoms in total. The normalized spacial score (nSPS) is 18.2. The molecule has 4 rings (SSSR count). The minimum Gasteiger partial charge on any atom is -0.362 e. The number of rotatable bonds is 4. The number of aromatic nitrogens is 4. The Labute approximate surface area is 195 Å². The van der Waals surface area contributed by atoms with Gasteiger partial charge in [-0.2, -0.15) is 23.4 Å². The van der Waals surface area contributed by atoms with Crippen LogP contribution in [0.15, 0.2) is 34.9 Å².